The highest BCUT2D eigenvalue weighted by Gasteiger charge is 2.43. The molecule has 0 bridgehead atoms. The normalized spacial score (nSPS) is 21.9. The SMILES string of the molecule is COC(=O)C1=C(C)[C@](C)(C/C=C(\C)CC/C=C(\C)CC[C@@H](O)C(C)(C)O)C(=O)C(C)=C1O. The van der Waals surface area contributed by atoms with E-state index in [1.54, 1.807) is 27.7 Å². The van der Waals surface area contributed by atoms with Crippen LogP contribution in [0.5, 0.6) is 0 Å². The topological polar surface area (TPSA) is 104 Å². The Hall–Kier alpha value is -2.18. The Morgan fingerprint density at radius 2 is 1.72 bits per heavy atom. The zero-order valence-electron chi connectivity index (χ0n) is 20.8. The second kappa shape index (κ2) is 11.1. The van der Waals surface area contributed by atoms with E-state index in [2.05, 4.69) is 6.08 Å². The molecule has 32 heavy (non-hydrogen) atoms. The molecule has 6 nitrogen and oxygen atoms in total. The van der Waals surface area contributed by atoms with E-state index in [1.165, 1.54) is 14.0 Å². The van der Waals surface area contributed by atoms with E-state index in [4.69, 9.17) is 4.74 Å². The van der Waals surface area contributed by atoms with Gasteiger partial charge in [0, 0.05) is 5.57 Å². The molecule has 0 amide bonds. The molecule has 3 N–H and O–H groups in total. The number of ketones is 1. The fraction of sp³-hybridized carbons (Fsp3) is 0.615. The number of ether oxygens (including phenoxy) is 1. The maximum absolute atomic E-state index is 13.0. The van der Waals surface area contributed by atoms with E-state index < -0.39 is 23.1 Å². The number of hydrogen-bond donors (Lipinski definition) is 3. The minimum Gasteiger partial charge on any atom is -0.507 e. The lowest BCUT2D eigenvalue weighted by molar-refractivity contribution is -0.136. The number of rotatable bonds is 10. The van der Waals surface area contributed by atoms with Crippen LogP contribution in [0.15, 0.2) is 45.8 Å². The molecular formula is C26H40O6. The predicted molar refractivity (Wildman–Crippen MR) is 126 cm³/mol. The summed E-state index contributed by atoms with van der Waals surface area (Å²) in [6, 6.07) is 0. The van der Waals surface area contributed by atoms with Gasteiger partial charge in [-0.3, -0.25) is 4.79 Å². The molecule has 0 fully saturated rings. The van der Waals surface area contributed by atoms with E-state index in [9.17, 15) is 24.9 Å². The molecule has 0 unspecified atom stereocenters. The largest absolute Gasteiger partial charge is 0.507 e. The average molecular weight is 449 g/mol. The smallest absolute Gasteiger partial charge is 0.341 e. The van der Waals surface area contributed by atoms with Gasteiger partial charge in [-0.15, -0.1) is 0 Å². The molecule has 0 aliphatic heterocycles. The van der Waals surface area contributed by atoms with Gasteiger partial charge in [-0.2, -0.15) is 0 Å². The van der Waals surface area contributed by atoms with Crippen molar-refractivity contribution >= 4 is 11.8 Å². The van der Waals surface area contributed by atoms with Gasteiger partial charge in [0.2, 0.25) is 0 Å². The molecule has 2 atom stereocenters. The third-order valence-corrected chi connectivity index (χ3v) is 6.54. The average Bonchev–Trinajstić information content (AvgIpc) is 2.72. The van der Waals surface area contributed by atoms with E-state index in [1.807, 2.05) is 19.9 Å². The summed E-state index contributed by atoms with van der Waals surface area (Å²) in [5, 5.41) is 30.1. The number of hydrogen-bond acceptors (Lipinski definition) is 6. The van der Waals surface area contributed by atoms with E-state index >= 15 is 0 Å². The van der Waals surface area contributed by atoms with Crippen molar-refractivity contribution in [3.63, 3.8) is 0 Å². The third kappa shape index (κ3) is 6.66. The van der Waals surface area contributed by atoms with Crippen LogP contribution in [-0.2, 0) is 14.3 Å². The number of Topliss-reactive ketones (excluding diaryl/α,β-unsaturated/α-hetero) is 1. The van der Waals surface area contributed by atoms with Crippen LogP contribution in [0.1, 0.15) is 80.6 Å². The van der Waals surface area contributed by atoms with Crippen LogP contribution in [0.4, 0.5) is 0 Å². The minimum absolute atomic E-state index is 0.0740. The first kappa shape index (κ1) is 27.9. The number of esters is 1. The molecule has 0 aromatic rings. The summed E-state index contributed by atoms with van der Waals surface area (Å²) in [7, 11) is 1.25. The van der Waals surface area contributed by atoms with Gasteiger partial charge in [-0.25, -0.2) is 4.79 Å². The van der Waals surface area contributed by atoms with Crippen molar-refractivity contribution in [2.24, 2.45) is 5.41 Å². The van der Waals surface area contributed by atoms with Gasteiger partial charge in [-0.05, 0) is 86.1 Å². The molecular weight excluding hydrogens is 408 g/mol. The lowest BCUT2D eigenvalue weighted by atomic mass is 9.68. The first-order valence-electron chi connectivity index (χ1n) is 11.1. The highest BCUT2D eigenvalue weighted by atomic mass is 16.5. The molecule has 0 radical (unpaired) electrons. The molecule has 1 aliphatic carbocycles. The molecule has 0 saturated heterocycles. The van der Waals surface area contributed by atoms with Gasteiger partial charge < -0.3 is 20.1 Å². The first-order chi connectivity index (χ1) is 14.7. The van der Waals surface area contributed by atoms with E-state index in [-0.39, 0.29) is 22.7 Å². The highest BCUT2D eigenvalue weighted by molar-refractivity contribution is 6.08. The number of carbonyl (C=O) groups is 2. The van der Waals surface area contributed by atoms with E-state index in [0.717, 1.165) is 30.4 Å². The second-order valence-corrected chi connectivity index (χ2v) is 9.68. The molecule has 180 valence electrons. The number of allylic oxidation sites excluding steroid dienone is 6. The van der Waals surface area contributed by atoms with Crippen molar-refractivity contribution in [3.8, 4) is 0 Å². The summed E-state index contributed by atoms with van der Waals surface area (Å²) < 4.78 is 4.81. The Balaban J connectivity index is 2.84. The van der Waals surface area contributed by atoms with Crippen molar-refractivity contribution in [1.82, 2.24) is 0 Å². The second-order valence-electron chi connectivity index (χ2n) is 9.68. The maximum atomic E-state index is 13.0. The molecule has 1 aliphatic rings. The van der Waals surface area contributed by atoms with Gasteiger partial charge in [0.1, 0.15) is 11.3 Å². The fourth-order valence-corrected chi connectivity index (χ4v) is 3.78. The molecule has 6 heteroatoms. The summed E-state index contributed by atoms with van der Waals surface area (Å²) in [6.45, 7) is 12.3. The van der Waals surface area contributed by atoms with Crippen molar-refractivity contribution in [1.29, 1.82) is 0 Å². The number of aliphatic hydroxyl groups excluding tert-OH is 2. The standard InChI is InChI=1S/C26H40O6/c1-16(12-13-20(27)25(5,6)31)10-9-11-17(2)14-15-26(7)19(4)21(24(30)32-8)22(28)18(3)23(26)29/h10,14,20,27-28,31H,9,11-13,15H2,1-8H3/b16-10+,17-14+/t20-,26+/m1/s1. The Kier molecular flexibility index (Phi) is 9.66. The zero-order chi connectivity index (χ0) is 24.9. The van der Waals surface area contributed by atoms with Crippen LogP contribution in [0.3, 0.4) is 0 Å². The predicted octanol–water partition coefficient (Wildman–Crippen LogP) is 4.87. The fourth-order valence-electron chi connectivity index (χ4n) is 3.78. The Bertz CT molecular complexity index is 850. The van der Waals surface area contributed by atoms with Crippen LogP contribution in [0.25, 0.3) is 0 Å². The third-order valence-electron chi connectivity index (χ3n) is 6.54. The number of methoxy groups -OCH3 is 1. The first-order valence-corrected chi connectivity index (χ1v) is 11.1. The summed E-state index contributed by atoms with van der Waals surface area (Å²) in [5.74, 6) is -1.13. The molecule has 0 heterocycles. The Morgan fingerprint density at radius 3 is 2.25 bits per heavy atom. The molecule has 0 spiro atoms. The summed E-state index contributed by atoms with van der Waals surface area (Å²) in [4.78, 5) is 25.1. The van der Waals surface area contributed by atoms with Crippen molar-refractivity contribution in [3.05, 3.63) is 45.8 Å². The van der Waals surface area contributed by atoms with Gasteiger partial charge >= 0.3 is 5.97 Å². The van der Waals surface area contributed by atoms with Crippen LogP contribution >= 0.6 is 0 Å². The molecule has 1 rings (SSSR count). The Labute approximate surface area is 192 Å². The summed E-state index contributed by atoms with van der Waals surface area (Å²) >= 11 is 0. The van der Waals surface area contributed by atoms with Gasteiger partial charge in [-0.1, -0.05) is 23.3 Å². The van der Waals surface area contributed by atoms with Gasteiger partial charge in [0.15, 0.2) is 5.78 Å². The van der Waals surface area contributed by atoms with Crippen molar-refractivity contribution in [2.45, 2.75) is 92.3 Å². The lowest BCUT2D eigenvalue weighted by Gasteiger charge is -2.34. The Morgan fingerprint density at radius 1 is 1.16 bits per heavy atom. The van der Waals surface area contributed by atoms with E-state index in [0.29, 0.717) is 18.4 Å². The molecule has 0 aromatic carbocycles. The van der Waals surface area contributed by atoms with Crippen LogP contribution in [-0.4, -0.2) is 45.9 Å². The van der Waals surface area contributed by atoms with Crippen LogP contribution < -0.4 is 0 Å². The van der Waals surface area contributed by atoms with Crippen LogP contribution in [0.2, 0.25) is 0 Å². The highest BCUT2D eigenvalue weighted by Crippen LogP contribution is 2.43. The van der Waals surface area contributed by atoms with Gasteiger partial charge in [0.25, 0.3) is 0 Å². The van der Waals surface area contributed by atoms with Crippen LogP contribution in [0, 0.1) is 5.41 Å². The van der Waals surface area contributed by atoms with Gasteiger partial charge in [0.05, 0.1) is 24.2 Å². The summed E-state index contributed by atoms with van der Waals surface area (Å²) in [5.41, 5.74) is 1.04. The molecule has 0 aromatic heterocycles. The lowest BCUT2D eigenvalue weighted by Crippen LogP contribution is -2.36. The monoisotopic (exact) mass is 448 g/mol. The summed E-state index contributed by atoms with van der Waals surface area (Å²) in [6.07, 6.45) is 6.70. The molecule has 0 saturated carbocycles. The number of aliphatic hydroxyl groups is 3. The maximum Gasteiger partial charge on any atom is 0.341 e. The number of carbonyl (C=O) groups excluding carboxylic acids is 2. The zero-order valence-corrected chi connectivity index (χ0v) is 20.8. The minimum atomic E-state index is -1.10. The van der Waals surface area contributed by atoms with Crippen molar-refractivity contribution in [2.75, 3.05) is 7.11 Å². The quantitative estimate of drug-likeness (QED) is 0.325. The van der Waals surface area contributed by atoms with Crippen molar-refractivity contribution < 1.29 is 29.6 Å².